The van der Waals surface area contributed by atoms with Crippen molar-refractivity contribution in [3.63, 3.8) is 0 Å². The second kappa shape index (κ2) is 7.22. The van der Waals surface area contributed by atoms with Crippen LogP contribution in [0.5, 0.6) is 0 Å². The molecule has 0 radical (unpaired) electrons. The van der Waals surface area contributed by atoms with Crippen LogP contribution in [0.1, 0.15) is 5.69 Å². The number of aromatic nitrogens is 3. The van der Waals surface area contributed by atoms with Gasteiger partial charge < -0.3 is 0 Å². The number of fused-ring (bicyclic) bond motifs is 1. The minimum atomic E-state index is -3.66. The lowest BCUT2D eigenvalue weighted by Crippen LogP contribution is -2.28. The molecule has 27 heavy (non-hydrogen) atoms. The fraction of sp³-hybridized carbons (Fsp3) is 0.158. The van der Waals surface area contributed by atoms with Gasteiger partial charge in [0.1, 0.15) is 10.6 Å². The zero-order valence-electron chi connectivity index (χ0n) is 14.7. The van der Waals surface area contributed by atoms with Crippen molar-refractivity contribution in [1.82, 2.24) is 19.5 Å². The molecule has 0 atom stereocenters. The third-order valence-corrected chi connectivity index (χ3v) is 6.64. The van der Waals surface area contributed by atoms with E-state index in [1.807, 2.05) is 47.3 Å². The standard InChI is InChI=1S/C19H18N4O2S2/c1-14-13-16(17-7-4-12-26-17)22-23(14)11-10-21-27(24,25)18-8-2-5-15-6-3-9-20-19(15)18/h2-9,12-13,21H,10-11H2,1H3. The van der Waals surface area contributed by atoms with Crippen molar-refractivity contribution in [3.05, 3.63) is 65.8 Å². The summed E-state index contributed by atoms with van der Waals surface area (Å²) in [5.41, 5.74) is 2.37. The summed E-state index contributed by atoms with van der Waals surface area (Å²) in [6, 6.07) is 14.8. The average Bonchev–Trinajstić information content (AvgIpc) is 3.31. The van der Waals surface area contributed by atoms with E-state index in [0.717, 1.165) is 21.7 Å². The van der Waals surface area contributed by atoms with Gasteiger partial charge in [0, 0.05) is 23.8 Å². The number of nitrogens with zero attached hydrogens (tertiary/aromatic N) is 3. The molecule has 0 spiro atoms. The molecular weight excluding hydrogens is 380 g/mol. The summed E-state index contributed by atoms with van der Waals surface area (Å²) in [5, 5.41) is 7.38. The molecule has 1 N–H and O–H groups in total. The number of hydrogen-bond donors (Lipinski definition) is 1. The fourth-order valence-electron chi connectivity index (χ4n) is 2.94. The van der Waals surface area contributed by atoms with Gasteiger partial charge in [-0.3, -0.25) is 9.67 Å². The molecule has 0 saturated heterocycles. The van der Waals surface area contributed by atoms with E-state index in [1.165, 1.54) is 0 Å². The Morgan fingerprint density at radius 1 is 1.15 bits per heavy atom. The van der Waals surface area contributed by atoms with Gasteiger partial charge in [-0.05, 0) is 36.6 Å². The highest BCUT2D eigenvalue weighted by molar-refractivity contribution is 7.89. The summed E-state index contributed by atoms with van der Waals surface area (Å²) in [6.45, 7) is 2.67. The van der Waals surface area contributed by atoms with Crippen LogP contribution in [0.3, 0.4) is 0 Å². The van der Waals surface area contributed by atoms with E-state index < -0.39 is 10.0 Å². The number of aryl methyl sites for hydroxylation is 1. The monoisotopic (exact) mass is 398 g/mol. The number of hydrogen-bond acceptors (Lipinski definition) is 5. The maximum absolute atomic E-state index is 12.7. The maximum Gasteiger partial charge on any atom is 0.242 e. The predicted octanol–water partition coefficient (Wildman–Crippen LogP) is 3.45. The number of para-hydroxylation sites is 1. The van der Waals surface area contributed by atoms with Gasteiger partial charge in [0.15, 0.2) is 0 Å². The molecule has 0 saturated carbocycles. The predicted molar refractivity (Wildman–Crippen MR) is 107 cm³/mol. The fourth-order valence-corrected chi connectivity index (χ4v) is 4.82. The third kappa shape index (κ3) is 3.64. The second-order valence-corrected chi connectivity index (χ2v) is 8.78. The molecule has 1 aromatic carbocycles. The van der Waals surface area contributed by atoms with Crippen LogP contribution in [0.25, 0.3) is 21.5 Å². The van der Waals surface area contributed by atoms with E-state index in [2.05, 4.69) is 14.8 Å². The molecular formula is C19H18N4O2S2. The van der Waals surface area contributed by atoms with Crippen LogP contribution < -0.4 is 4.72 Å². The molecule has 0 aliphatic heterocycles. The van der Waals surface area contributed by atoms with Crippen LogP contribution >= 0.6 is 11.3 Å². The zero-order valence-corrected chi connectivity index (χ0v) is 16.3. The Labute approximate surface area is 161 Å². The smallest absolute Gasteiger partial charge is 0.242 e. The van der Waals surface area contributed by atoms with Gasteiger partial charge in [0.25, 0.3) is 0 Å². The van der Waals surface area contributed by atoms with Crippen LogP contribution in [-0.4, -0.2) is 29.7 Å². The largest absolute Gasteiger partial charge is 0.268 e. The van der Waals surface area contributed by atoms with Gasteiger partial charge >= 0.3 is 0 Å². The molecule has 0 aliphatic rings. The lowest BCUT2D eigenvalue weighted by Gasteiger charge is -2.09. The third-order valence-electron chi connectivity index (χ3n) is 4.26. The number of nitrogens with one attached hydrogen (secondary N) is 1. The minimum Gasteiger partial charge on any atom is -0.268 e. The highest BCUT2D eigenvalue weighted by Gasteiger charge is 2.18. The van der Waals surface area contributed by atoms with Crippen LogP contribution in [-0.2, 0) is 16.6 Å². The van der Waals surface area contributed by atoms with Gasteiger partial charge in [-0.1, -0.05) is 24.3 Å². The molecule has 0 amide bonds. The highest BCUT2D eigenvalue weighted by Crippen LogP contribution is 2.24. The first kappa shape index (κ1) is 17.8. The van der Waals surface area contributed by atoms with Crippen molar-refractivity contribution in [2.24, 2.45) is 0 Å². The lowest BCUT2D eigenvalue weighted by molar-refractivity contribution is 0.557. The number of rotatable bonds is 6. The molecule has 0 fully saturated rings. The first-order chi connectivity index (χ1) is 13.0. The van der Waals surface area contributed by atoms with Gasteiger partial charge in [0.2, 0.25) is 10.0 Å². The Hall–Kier alpha value is -2.55. The molecule has 8 heteroatoms. The van der Waals surface area contributed by atoms with E-state index in [4.69, 9.17) is 0 Å². The van der Waals surface area contributed by atoms with E-state index in [0.29, 0.717) is 12.1 Å². The van der Waals surface area contributed by atoms with Crippen molar-refractivity contribution in [3.8, 4) is 10.6 Å². The Morgan fingerprint density at radius 2 is 2.00 bits per heavy atom. The number of pyridine rings is 1. The number of benzene rings is 1. The zero-order chi connectivity index (χ0) is 18.9. The summed E-state index contributed by atoms with van der Waals surface area (Å²) in [7, 11) is -3.66. The number of sulfonamides is 1. The minimum absolute atomic E-state index is 0.192. The second-order valence-electron chi connectivity index (χ2n) is 6.10. The Morgan fingerprint density at radius 3 is 2.81 bits per heavy atom. The molecule has 4 aromatic rings. The number of thiophene rings is 1. The van der Waals surface area contributed by atoms with Crippen molar-refractivity contribution >= 4 is 32.3 Å². The normalized spacial score (nSPS) is 11.9. The van der Waals surface area contributed by atoms with Crippen LogP contribution in [0.4, 0.5) is 0 Å². The Bertz CT molecular complexity index is 1180. The van der Waals surface area contributed by atoms with Gasteiger partial charge in [-0.2, -0.15) is 5.10 Å². The van der Waals surface area contributed by atoms with Crippen molar-refractivity contribution < 1.29 is 8.42 Å². The summed E-state index contributed by atoms with van der Waals surface area (Å²) >= 11 is 1.63. The van der Waals surface area contributed by atoms with E-state index in [9.17, 15) is 8.42 Å². The molecule has 138 valence electrons. The van der Waals surface area contributed by atoms with E-state index >= 15 is 0 Å². The molecule has 3 aromatic heterocycles. The molecule has 6 nitrogen and oxygen atoms in total. The molecule has 4 rings (SSSR count). The summed E-state index contributed by atoms with van der Waals surface area (Å²) in [4.78, 5) is 5.51. The van der Waals surface area contributed by atoms with Crippen LogP contribution in [0.15, 0.2) is 65.0 Å². The Balaban J connectivity index is 1.50. The van der Waals surface area contributed by atoms with E-state index in [1.54, 1.807) is 35.7 Å². The maximum atomic E-state index is 12.7. The molecule has 0 aliphatic carbocycles. The van der Waals surface area contributed by atoms with Crippen molar-refractivity contribution in [1.29, 1.82) is 0 Å². The summed E-state index contributed by atoms with van der Waals surface area (Å²) in [6.07, 6.45) is 1.60. The quantitative estimate of drug-likeness (QED) is 0.540. The molecule has 0 unspecified atom stereocenters. The summed E-state index contributed by atoms with van der Waals surface area (Å²) in [5.74, 6) is 0. The topological polar surface area (TPSA) is 76.9 Å². The van der Waals surface area contributed by atoms with Crippen molar-refractivity contribution in [2.45, 2.75) is 18.4 Å². The first-order valence-corrected chi connectivity index (χ1v) is 10.8. The highest BCUT2D eigenvalue weighted by atomic mass is 32.2. The van der Waals surface area contributed by atoms with Crippen LogP contribution in [0.2, 0.25) is 0 Å². The van der Waals surface area contributed by atoms with Crippen molar-refractivity contribution in [2.75, 3.05) is 6.54 Å². The Kier molecular flexibility index (Phi) is 4.77. The molecule has 3 heterocycles. The summed E-state index contributed by atoms with van der Waals surface area (Å²) < 4.78 is 29.9. The SMILES string of the molecule is Cc1cc(-c2cccs2)nn1CCNS(=O)(=O)c1cccc2cccnc12. The lowest BCUT2D eigenvalue weighted by atomic mass is 10.2. The van der Waals surface area contributed by atoms with Gasteiger partial charge in [-0.25, -0.2) is 13.1 Å². The first-order valence-electron chi connectivity index (χ1n) is 8.46. The molecule has 0 bridgehead atoms. The van der Waals surface area contributed by atoms with Gasteiger partial charge in [-0.15, -0.1) is 11.3 Å². The van der Waals surface area contributed by atoms with E-state index in [-0.39, 0.29) is 11.4 Å². The van der Waals surface area contributed by atoms with Crippen LogP contribution in [0, 0.1) is 6.92 Å². The average molecular weight is 399 g/mol. The van der Waals surface area contributed by atoms with Gasteiger partial charge in [0.05, 0.1) is 16.9 Å².